The predicted octanol–water partition coefficient (Wildman–Crippen LogP) is 10.9. The van der Waals surface area contributed by atoms with Crippen LogP contribution in [0.15, 0.2) is 174 Å². The summed E-state index contributed by atoms with van der Waals surface area (Å²) in [5, 5.41) is 2.19. The Hall–Kier alpha value is -6.07. The van der Waals surface area contributed by atoms with E-state index in [-0.39, 0.29) is 20.1 Å². The largest absolute Gasteiger partial charge is 0.501 e. The van der Waals surface area contributed by atoms with Gasteiger partial charge in [0.25, 0.3) is 0 Å². The van der Waals surface area contributed by atoms with Crippen LogP contribution >= 0.6 is 0 Å². The Morgan fingerprint density at radius 1 is 0.460 bits per heavy atom. The molecule has 0 unspecified atom stereocenters. The van der Waals surface area contributed by atoms with E-state index in [4.69, 9.17) is 14.4 Å². The van der Waals surface area contributed by atoms with E-state index < -0.39 is 0 Å². The van der Waals surface area contributed by atoms with Crippen LogP contribution in [0.2, 0.25) is 0 Å². The van der Waals surface area contributed by atoms with Crippen molar-refractivity contribution < 1.29 is 24.5 Å². The Balaban J connectivity index is 0.000000147. The van der Waals surface area contributed by atoms with Gasteiger partial charge >= 0.3 is 0 Å². The van der Waals surface area contributed by atoms with Gasteiger partial charge in [-0.05, 0) is 54.6 Å². The summed E-state index contributed by atoms with van der Waals surface area (Å²) in [6.07, 6.45) is 0. The van der Waals surface area contributed by atoms with Crippen LogP contribution < -0.4 is 0 Å². The summed E-state index contributed by atoms with van der Waals surface area (Å²) in [6, 6.07) is 63.7. The van der Waals surface area contributed by atoms with Crippen molar-refractivity contribution in [2.24, 2.45) is 0 Å². The minimum absolute atomic E-state index is 0. The minimum atomic E-state index is 0. The molecule has 1 radical (unpaired) electrons. The normalized spacial score (nSPS) is 11.0. The third-order valence-corrected chi connectivity index (χ3v) is 8.66. The molecule has 10 rings (SSSR count). The van der Waals surface area contributed by atoms with E-state index in [1.165, 1.54) is 0 Å². The summed E-state index contributed by atoms with van der Waals surface area (Å²) in [4.78, 5) is 9.74. The summed E-state index contributed by atoms with van der Waals surface area (Å²) in [6.45, 7) is 0. The zero-order chi connectivity index (χ0) is 32.6. The molecule has 50 heavy (non-hydrogen) atoms. The van der Waals surface area contributed by atoms with Gasteiger partial charge in [0.15, 0.2) is 0 Å². The van der Waals surface area contributed by atoms with E-state index in [1.54, 1.807) is 0 Å². The number of imidazole rings is 2. The number of nitrogens with zero attached hydrogens (tertiary/aromatic N) is 4. The van der Waals surface area contributed by atoms with Crippen molar-refractivity contribution in [1.29, 1.82) is 0 Å². The van der Waals surface area contributed by atoms with Gasteiger partial charge < -0.3 is 13.6 Å². The predicted molar refractivity (Wildman–Crippen MR) is 198 cm³/mol. The number of hydrogen-bond acceptors (Lipinski definition) is 3. The molecule has 6 heteroatoms. The van der Waals surface area contributed by atoms with Crippen LogP contribution in [0.4, 0.5) is 0 Å². The molecule has 0 bridgehead atoms. The summed E-state index contributed by atoms with van der Waals surface area (Å²) < 4.78 is 10.6. The van der Waals surface area contributed by atoms with Gasteiger partial charge in [0.2, 0.25) is 0 Å². The average molecular weight is 821 g/mol. The molecule has 0 fully saturated rings. The van der Waals surface area contributed by atoms with Crippen molar-refractivity contribution in [2.45, 2.75) is 0 Å². The molecule has 0 saturated carbocycles. The number of rotatable bonds is 4. The molecule has 3 aromatic heterocycles. The molecule has 7 aromatic carbocycles. The second-order valence-corrected chi connectivity index (χ2v) is 11.7. The quantitative estimate of drug-likeness (QED) is 0.166. The Morgan fingerprint density at radius 3 is 1.68 bits per heavy atom. The van der Waals surface area contributed by atoms with Gasteiger partial charge in [0.1, 0.15) is 5.58 Å². The van der Waals surface area contributed by atoms with Crippen molar-refractivity contribution in [3.8, 4) is 34.2 Å². The number of furan rings is 1. The first kappa shape index (κ1) is 31.2. The van der Waals surface area contributed by atoms with Gasteiger partial charge in [0.05, 0.1) is 39.3 Å². The van der Waals surface area contributed by atoms with Crippen LogP contribution in [0.1, 0.15) is 0 Å². The molecule has 0 saturated heterocycles. The van der Waals surface area contributed by atoms with E-state index in [9.17, 15) is 0 Å². The molecule has 0 atom stereocenters. The van der Waals surface area contributed by atoms with Crippen LogP contribution in [-0.2, 0) is 20.1 Å². The van der Waals surface area contributed by atoms with E-state index in [0.717, 1.165) is 78.2 Å². The Morgan fingerprint density at radius 2 is 1.02 bits per heavy atom. The zero-order valence-corrected chi connectivity index (χ0v) is 29.1. The van der Waals surface area contributed by atoms with Gasteiger partial charge in [0, 0.05) is 36.9 Å². The van der Waals surface area contributed by atoms with Gasteiger partial charge in [-0.1, -0.05) is 89.8 Å². The van der Waals surface area contributed by atoms with Crippen LogP contribution in [0.25, 0.3) is 78.2 Å². The molecule has 0 spiro atoms. The fourth-order valence-corrected chi connectivity index (χ4v) is 6.47. The Labute approximate surface area is 302 Å². The molecule has 241 valence electrons. The number of fused-ring (bicyclic) bond motifs is 5. The standard InChI is InChI=1S/C25H15N2O.C19H13N2.Ir/c1-2-9-17(10-3-1)27-22-15-6-5-14-21(22)26-25(27)20-13-8-12-19-18-11-4-7-16-23(18)28-24(19)20;1-3-9-15(10-4-1)19-20-17-13-7-8-14-18(17)21(19)16-11-5-2-6-12-16;/h1-12,14-16H;1-9,11-14H;/q2*-1;. The van der Waals surface area contributed by atoms with Gasteiger partial charge in [-0.2, -0.15) is 0 Å². The minimum Gasteiger partial charge on any atom is -0.501 e. The molecule has 0 aliphatic heterocycles. The van der Waals surface area contributed by atoms with Gasteiger partial charge in [-0.25, -0.2) is 0 Å². The van der Waals surface area contributed by atoms with Crippen molar-refractivity contribution in [3.05, 3.63) is 182 Å². The van der Waals surface area contributed by atoms with E-state index in [1.807, 2.05) is 121 Å². The van der Waals surface area contributed by atoms with Crippen LogP contribution in [0, 0.1) is 12.1 Å². The maximum atomic E-state index is 6.24. The van der Waals surface area contributed by atoms with Crippen molar-refractivity contribution in [1.82, 2.24) is 19.1 Å². The second-order valence-electron chi connectivity index (χ2n) is 11.7. The van der Waals surface area contributed by atoms with Gasteiger partial charge in [-0.3, -0.25) is 9.97 Å². The molecule has 5 nitrogen and oxygen atoms in total. The fraction of sp³-hybridized carbons (Fsp3) is 0. The average Bonchev–Trinajstić information content (AvgIpc) is 3.88. The molecule has 10 aromatic rings. The monoisotopic (exact) mass is 821 g/mol. The van der Waals surface area contributed by atoms with Crippen molar-refractivity contribution >= 4 is 44.0 Å². The third kappa shape index (κ3) is 5.51. The summed E-state index contributed by atoms with van der Waals surface area (Å²) in [5.74, 6) is 1.75. The number of hydrogen-bond donors (Lipinski definition) is 0. The summed E-state index contributed by atoms with van der Waals surface area (Å²) in [7, 11) is 0. The van der Waals surface area contributed by atoms with Crippen LogP contribution in [-0.4, -0.2) is 19.1 Å². The SMILES string of the molecule is [Ir].[c-]1ccc2c(oc3ccccc32)c1-c1nc2ccccc2n1-c1ccccc1.[c-]1ccccc1-c1nc2ccccc2n1-c1ccccc1. The zero-order valence-electron chi connectivity index (χ0n) is 26.7. The van der Waals surface area contributed by atoms with Crippen LogP contribution in [0.5, 0.6) is 0 Å². The van der Waals surface area contributed by atoms with E-state index in [0.29, 0.717) is 0 Å². The molecule has 0 aliphatic carbocycles. The molecule has 0 N–H and O–H groups in total. The molecular formula is C44H28IrN4O-2. The number of para-hydroxylation sites is 7. The molecule has 0 aliphatic rings. The second kappa shape index (κ2) is 13.4. The molecule has 3 heterocycles. The van der Waals surface area contributed by atoms with Crippen LogP contribution in [0.3, 0.4) is 0 Å². The first-order valence-electron chi connectivity index (χ1n) is 16.2. The molecule has 0 amide bonds. The maximum absolute atomic E-state index is 6.24. The number of aromatic nitrogens is 4. The van der Waals surface area contributed by atoms with Crippen molar-refractivity contribution in [3.63, 3.8) is 0 Å². The summed E-state index contributed by atoms with van der Waals surface area (Å²) in [5.41, 5.74) is 9.84. The smallest absolute Gasteiger partial charge is 0.120 e. The van der Waals surface area contributed by atoms with Crippen molar-refractivity contribution in [2.75, 3.05) is 0 Å². The van der Waals surface area contributed by atoms with E-state index >= 15 is 0 Å². The fourth-order valence-electron chi connectivity index (χ4n) is 6.47. The molecular weight excluding hydrogens is 793 g/mol. The van der Waals surface area contributed by atoms with Gasteiger partial charge in [-0.15, -0.1) is 54.1 Å². The first-order valence-corrected chi connectivity index (χ1v) is 16.2. The van der Waals surface area contributed by atoms with E-state index in [2.05, 4.69) is 69.8 Å². The maximum Gasteiger partial charge on any atom is 0.120 e. The Bertz CT molecular complexity index is 2710. The Kier molecular flexibility index (Phi) is 8.39. The summed E-state index contributed by atoms with van der Waals surface area (Å²) >= 11 is 0. The third-order valence-electron chi connectivity index (χ3n) is 8.66. The number of benzene rings is 7. The topological polar surface area (TPSA) is 48.8 Å². The first-order chi connectivity index (χ1) is 24.3.